The second kappa shape index (κ2) is 10.8. The standard InChI is InChI=1S/C23H20IN3O6/c1-3-32-19-10-14(9-18-22(29)27(23(30)26-18)12-20(28)31-2)8-17(24)21(19)33-13-16-7-5-4-6-15(16)11-25/h4-10H,3,12-13H2,1-2H3,(H,26,30)/b18-9+. The zero-order chi connectivity index (χ0) is 24.0. The third-order valence-electron chi connectivity index (χ3n) is 4.63. The number of urea groups is 1. The van der Waals surface area contributed by atoms with E-state index in [2.05, 4.69) is 38.7 Å². The van der Waals surface area contributed by atoms with Crippen molar-refractivity contribution in [1.82, 2.24) is 10.2 Å². The normalized spacial score (nSPS) is 14.1. The predicted molar refractivity (Wildman–Crippen MR) is 126 cm³/mol. The zero-order valence-corrected chi connectivity index (χ0v) is 20.0. The molecule has 0 atom stereocenters. The summed E-state index contributed by atoms with van der Waals surface area (Å²) in [6.45, 7) is 1.91. The number of halogens is 1. The Kier molecular flexibility index (Phi) is 7.89. The molecule has 1 heterocycles. The number of imide groups is 1. The average Bonchev–Trinajstić information content (AvgIpc) is 3.06. The summed E-state index contributed by atoms with van der Waals surface area (Å²) < 4.78 is 17.0. The lowest BCUT2D eigenvalue weighted by Gasteiger charge is -2.15. The van der Waals surface area contributed by atoms with Crippen LogP contribution in [0.2, 0.25) is 0 Å². The molecule has 0 bridgehead atoms. The maximum absolute atomic E-state index is 12.5. The van der Waals surface area contributed by atoms with Crippen molar-refractivity contribution < 1.29 is 28.6 Å². The molecule has 170 valence electrons. The molecular weight excluding hydrogens is 541 g/mol. The van der Waals surface area contributed by atoms with Crippen LogP contribution in [-0.4, -0.2) is 43.1 Å². The molecule has 0 saturated carbocycles. The molecule has 9 nitrogen and oxygen atoms in total. The summed E-state index contributed by atoms with van der Waals surface area (Å²) in [5.74, 6) is -0.380. The van der Waals surface area contributed by atoms with Gasteiger partial charge in [-0.3, -0.25) is 9.59 Å². The minimum atomic E-state index is -0.701. The summed E-state index contributed by atoms with van der Waals surface area (Å²) in [6.07, 6.45) is 1.50. The first-order chi connectivity index (χ1) is 15.9. The maximum Gasteiger partial charge on any atom is 0.329 e. The van der Waals surface area contributed by atoms with Crippen molar-refractivity contribution in [1.29, 1.82) is 5.26 Å². The van der Waals surface area contributed by atoms with Crippen LogP contribution in [0.4, 0.5) is 4.79 Å². The first-order valence-corrected chi connectivity index (χ1v) is 10.9. The number of amides is 3. The van der Waals surface area contributed by atoms with Crippen LogP contribution in [0.25, 0.3) is 6.08 Å². The molecule has 2 aromatic carbocycles. The molecular formula is C23H20IN3O6. The Morgan fingerprint density at radius 3 is 2.70 bits per heavy atom. The van der Waals surface area contributed by atoms with Crippen molar-refractivity contribution in [3.05, 3.63) is 62.4 Å². The number of methoxy groups -OCH3 is 1. The van der Waals surface area contributed by atoms with Crippen LogP contribution in [0.5, 0.6) is 11.5 Å². The predicted octanol–water partition coefficient (Wildman–Crippen LogP) is 3.21. The quantitative estimate of drug-likeness (QED) is 0.228. The lowest BCUT2D eigenvalue weighted by molar-refractivity contribution is -0.143. The number of rotatable bonds is 8. The zero-order valence-electron chi connectivity index (χ0n) is 17.9. The molecule has 0 spiro atoms. The molecule has 10 heteroatoms. The van der Waals surface area contributed by atoms with Crippen LogP contribution in [0.1, 0.15) is 23.6 Å². The van der Waals surface area contributed by atoms with Gasteiger partial charge in [0.05, 0.1) is 28.9 Å². The highest BCUT2D eigenvalue weighted by Crippen LogP contribution is 2.36. The Bertz CT molecular complexity index is 1170. The first kappa shape index (κ1) is 24.1. The summed E-state index contributed by atoms with van der Waals surface area (Å²) in [5.41, 5.74) is 1.89. The summed E-state index contributed by atoms with van der Waals surface area (Å²) in [4.78, 5) is 36.8. The van der Waals surface area contributed by atoms with Gasteiger partial charge >= 0.3 is 12.0 Å². The number of hydrogen-bond acceptors (Lipinski definition) is 7. The molecule has 3 rings (SSSR count). The number of carbonyl (C=O) groups is 3. The van der Waals surface area contributed by atoms with Gasteiger partial charge in [-0.1, -0.05) is 18.2 Å². The van der Waals surface area contributed by atoms with Crippen LogP contribution < -0.4 is 14.8 Å². The van der Waals surface area contributed by atoms with E-state index in [-0.39, 0.29) is 12.3 Å². The Labute approximate surface area is 204 Å². The van der Waals surface area contributed by atoms with Gasteiger partial charge in [-0.25, -0.2) is 9.69 Å². The van der Waals surface area contributed by atoms with E-state index in [9.17, 15) is 19.6 Å². The van der Waals surface area contributed by atoms with E-state index in [1.807, 2.05) is 19.1 Å². The number of hydrogen-bond donors (Lipinski definition) is 1. The highest BCUT2D eigenvalue weighted by atomic mass is 127. The van der Waals surface area contributed by atoms with Crippen molar-refractivity contribution in [3.63, 3.8) is 0 Å². The molecule has 0 radical (unpaired) electrons. The molecule has 2 aromatic rings. The van der Waals surface area contributed by atoms with Gasteiger partial charge < -0.3 is 19.5 Å². The van der Waals surface area contributed by atoms with Gasteiger partial charge in [-0.2, -0.15) is 5.26 Å². The highest BCUT2D eigenvalue weighted by molar-refractivity contribution is 14.1. The van der Waals surface area contributed by atoms with Crippen LogP contribution in [0.15, 0.2) is 42.1 Å². The molecule has 0 aromatic heterocycles. The minimum absolute atomic E-state index is 0.0266. The Hall–Kier alpha value is -3.59. The van der Waals surface area contributed by atoms with Crippen molar-refractivity contribution in [2.75, 3.05) is 20.3 Å². The van der Waals surface area contributed by atoms with Gasteiger partial charge in [-0.15, -0.1) is 0 Å². The first-order valence-electron chi connectivity index (χ1n) is 9.86. The number of benzene rings is 2. The number of nitrogens with zero attached hydrogens (tertiary/aromatic N) is 2. The Balaban J connectivity index is 1.86. The third kappa shape index (κ3) is 5.61. The van der Waals surface area contributed by atoms with E-state index >= 15 is 0 Å². The fourth-order valence-corrected chi connectivity index (χ4v) is 3.84. The molecule has 0 unspecified atom stereocenters. The minimum Gasteiger partial charge on any atom is -0.490 e. The van der Waals surface area contributed by atoms with Crippen LogP contribution >= 0.6 is 22.6 Å². The van der Waals surface area contributed by atoms with Crippen molar-refractivity contribution in [2.24, 2.45) is 0 Å². The summed E-state index contributed by atoms with van der Waals surface area (Å²) >= 11 is 2.09. The lowest BCUT2D eigenvalue weighted by Crippen LogP contribution is -2.36. The van der Waals surface area contributed by atoms with E-state index < -0.39 is 24.5 Å². The number of esters is 1. The third-order valence-corrected chi connectivity index (χ3v) is 5.43. The topological polar surface area (TPSA) is 118 Å². The fourth-order valence-electron chi connectivity index (χ4n) is 3.05. The van der Waals surface area contributed by atoms with E-state index in [0.717, 1.165) is 10.5 Å². The van der Waals surface area contributed by atoms with Gasteiger partial charge in [0, 0.05) is 5.56 Å². The molecule has 1 saturated heterocycles. The summed E-state index contributed by atoms with van der Waals surface area (Å²) in [6, 6.07) is 12.1. The Morgan fingerprint density at radius 1 is 1.24 bits per heavy atom. The number of nitriles is 1. The van der Waals surface area contributed by atoms with Gasteiger partial charge in [0.2, 0.25) is 0 Å². The molecule has 1 fully saturated rings. The smallest absolute Gasteiger partial charge is 0.329 e. The Morgan fingerprint density at radius 2 is 2.00 bits per heavy atom. The SMILES string of the molecule is CCOc1cc(/C=C2/NC(=O)N(CC(=O)OC)C2=O)cc(I)c1OCc1ccccc1C#N. The van der Waals surface area contributed by atoms with Crippen molar-refractivity contribution in [3.8, 4) is 17.6 Å². The summed E-state index contributed by atoms with van der Waals surface area (Å²) in [5, 5.41) is 11.7. The van der Waals surface area contributed by atoms with E-state index in [0.29, 0.717) is 32.8 Å². The van der Waals surface area contributed by atoms with E-state index in [1.165, 1.54) is 13.2 Å². The molecule has 1 aliphatic heterocycles. The van der Waals surface area contributed by atoms with Gasteiger partial charge in [0.1, 0.15) is 18.8 Å². The van der Waals surface area contributed by atoms with E-state index in [1.54, 1.807) is 24.3 Å². The molecule has 1 aliphatic rings. The van der Waals surface area contributed by atoms with Gasteiger partial charge in [0.25, 0.3) is 5.91 Å². The van der Waals surface area contributed by atoms with Crippen molar-refractivity contribution in [2.45, 2.75) is 13.5 Å². The molecule has 1 N–H and O–H groups in total. The second-order valence-corrected chi connectivity index (χ2v) is 7.94. The largest absolute Gasteiger partial charge is 0.490 e. The second-order valence-electron chi connectivity index (χ2n) is 6.78. The number of ether oxygens (including phenoxy) is 3. The molecule has 3 amide bonds. The van der Waals surface area contributed by atoms with Gasteiger partial charge in [0.15, 0.2) is 11.5 Å². The number of nitrogens with one attached hydrogen (secondary N) is 1. The fraction of sp³-hybridized carbons (Fsp3) is 0.217. The highest BCUT2D eigenvalue weighted by Gasteiger charge is 2.35. The van der Waals surface area contributed by atoms with E-state index in [4.69, 9.17) is 9.47 Å². The molecule has 0 aliphatic carbocycles. The lowest BCUT2D eigenvalue weighted by atomic mass is 10.1. The summed E-state index contributed by atoms with van der Waals surface area (Å²) in [7, 11) is 1.18. The monoisotopic (exact) mass is 561 g/mol. The molecule has 33 heavy (non-hydrogen) atoms. The van der Waals surface area contributed by atoms with Gasteiger partial charge in [-0.05, 0) is 59.4 Å². The van der Waals surface area contributed by atoms with Crippen LogP contribution in [0.3, 0.4) is 0 Å². The number of carbonyl (C=O) groups excluding carboxylic acids is 3. The van der Waals surface area contributed by atoms with Crippen LogP contribution in [-0.2, 0) is 20.9 Å². The average molecular weight is 561 g/mol. The van der Waals surface area contributed by atoms with Crippen molar-refractivity contribution >= 4 is 46.6 Å². The maximum atomic E-state index is 12.5. The van der Waals surface area contributed by atoms with Crippen LogP contribution in [0, 0.1) is 14.9 Å².